The zero-order chi connectivity index (χ0) is 14.0. The van der Waals surface area contributed by atoms with E-state index in [2.05, 4.69) is 31.0 Å². The third-order valence-corrected chi connectivity index (χ3v) is 3.47. The van der Waals surface area contributed by atoms with Crippen LogP contribution in [0.5, 0.6) is 0 Å². The summed E-state index contributed by atoms with van der Waals surface area (Å²) >= 11 is 0. The fourth-order valence-corrected chi connectivity index (χ4v) is 2.59. The van der Waals surface area contributed by atoms with Gasteiger partial charge in [0.25, 0.3) is 0 Å². The summed E-state index contributed by atoms with van der Waals surface area (Å²) in [4.78, 5) is 15.6. The van der Waals surface area contributed by atoms with Crippen LogP contribution in [0.1, 0.15) is 54.7 Å². The van der Waals surface area contributed by atoms with Gasteiger partial charge in [-0.2, -0.15) is 0 Å². The van der Waals surface area contributed by atoms with E-state index in [-0.39, 0.29) is 5.78 Å². The van der Waals surface area contributed by atoms with Gasteiger partial charge in [0, 0.05) is 23.4 Å². The highest BCUT2D eigenvalue weighted by Crippen LogP contribution is 2.34. The number of nitrogens with one attached hydrogen (secondary N) is 1. The largest absolute Gasteiger partial charge is 0.358 e. The standard InChI is InChI=1S/C17H21NO/c1-5-14(19)16-12(4)18-17(15(16)11(2)3)13-9-7-6-8-10-13/h6-11,18H,5H2,1-4H3. The van der Waals surface area contributed by atoms with Gasteiger partial charge in [-0.25, -0.2) is 0 Å². The van der Waals surface area contributed by atoms with Crippen molar-refractivity contribution in [2.75, 3.05) is 0 Å². The maximum absolute atomic E-state index is 12.2. The molecule has 0 aliphatic rings. The van der Waals surface area contributed by atoms with Gasteiger partial charge >= 0.3 is 0 Å². The first kappa shape index (κ1) is 13.6. The summed E-state index contributed by atoms with van der Waals surface area (Å²) in [5.41, 5.74) is 5.25. The van der Waals surface area contributed by atoms with Gasteiger partial charge in [-0.05, 0) is 24.0 Å². The Kier molecular flexibility index (Phi) is 3.89. The molecule has 0 saturated heterocycles. The number of H-pyrrole nitrogens is 1. The lowest BCUT2D eigenvalue weighted by Gasteiger charge is -2.10. The predicted octanol–water partition coefficient (Wildman–Crippen LogP) is 4.71. The first-order valence-electron chi connectivity index (χ1n) is 6.87. The lowest BCUT2D eigenvalue weighted by atomic mass is 9.92. The molecule has 0 amide bonds. The van der Waals surface area contributed by atoms with Gasteiger partial charge in [-0.15, -0.1) is 0 Å². The van der Waals surface area contributed by atoms with Crippen LogP contribution in [0.15, 0.2) is 30.3 Å². The fraction of sp³-hybridized carbons (Fsp3) is 0.353. The van der Waals surface area contributed by atoms with Crippen molar-refractivity contribution in [3.05, 3.63) is 47.2 Å². The number of hydrogen-bond donors (Lipinski definition) is 1. The first-order chi connectivity index (χ1) is 9.06. The van der Waals surface area contributed by atoms with Gasteiger partial charge in [0.1, 0.15) is 0 Å². The molecule has 2 aromatic rings. The van der Waals surface area contributed by atoms with Crippen molar-refractivity contribution < 1.29 is 4.79 Å². The average molecular weight is 255 g/mol. The minimum absolute atomic E-state index is 0.222. The van der Waals surface area contributed by atoms with Crippen LogP contribution in [0.2, 0.25) is 0 Å². The molecule has 2 heteroatoms. The Morgan fingerprint density at radius 3 is 2.37 bits per heavy atom. The minimum Gasteiger partial charge on any atom is -0.358 e. The number of benzene rings is 1. The van der Waals surface area contributed by atoms with Gasteiger partial charge < -0.3 is 4.98 Å². The van der Waals surface area contributed by atoms with Gasteiger partial charge in [-0.3, -0.25) is 4.79 Å². The topological polar surface area (TPSA) is 32.9 Å². The molecule has 100 valence electrons. The minimum atomic E-state index is 0.222. The van der Waals surface area contributed by atoms with Crippen LogP contribution in [0, 0.1) is 6.92 Å². The molecule has 19 heavy (non-hydrogen) atoms. The fourth-order valence-electron chi connectivity index (χ4n) is 2.59. The van der Waals surface area contributed by atoms with Gasteiger partial charge in [0.05, 0.1) is 0 Å². The summed E-state index contributed by atoms with van der Waals surface area (Å²) in [6, 6.07) is 10.2. The summed E-state index contributed by atoms with van der Waals surface area (Å²) in [5, 5.41) is 0. The van der Waals surface area contributed by atoms with Gasteiger partial charge in [0.2, 0.25) is 0 Å². The maximum Gasteiger partial charge on any atom is 0.164 e. The van der Waals surface area contributed by atoms with E-state index >= 15 is 0 Å². The average Bonchev–Trinajstić information content (AvgIpc) is 2.76. The van der Waals surface area contributed by atoms with Gasteiger partial charge in [-0.1, -0.05) is 51.1 Å². The Hall–Kier alpha value is -1.83. The second-order valence-corrected chi connectivity index (χ2v) is 5.21. The zero-order valence-corrected chi connectivity index (χ0v) is 12.1. The van der Waals surface area contributed by atoms with Crippen molar-refractivity contribution in [1.29, 1.82) is 0 Å². The number of hydrogen-bond acceptors (Lipinski definition) is 1. The number of aromatic amines is 1. The molecule has 0 radical (unpaired) electrons. The second-order valence-electron chi connectivity index (χ2n) is 5.21. The van der Waals surface area contributed by atoms with Gasteiger partial charge in [0.15, 0.2) is 5.78 Å². The first-order valence-corrected chi connectivity index (χ1v) is 6.87. The van der Waals surface area contributed by atoms with Crippen LogP contribution in [0.3, 0.4) is 0 Å². The SMILES string of the molecule is CCC(=O)c1c(C)[nH]c(-c2ccccc2)c1C(C)C. The molecule has 0 aliphatic heterocycles. The Bertz CT molecular complexity index is 579. The summed E-state index contributed by atoms with van der Waals surface area (Å²) in [7, 11) is 0. The monoisotopic (exact) mass is 255 g/mol. The normalized spacial score (nSPS) is 11.0. The van der Waals surface area contributed by atoms with Crippen LogP contribution >= 0.6 is 0 Å². The molecular formula is C17H21NO. The molecule has 0 aliphatic carbocycles. The predicted molar refractivity (Wildman–Crippen MR) is 79.7 cm³/mol. The van der Waals surface area contributed by atoms with E-state index in [0.717, 1.165) is 28.1 Å². The number of carbonyl (C=O) groups excluding carboxylic acids is 1. The Morgan fingerprint density at radius 1 is 1.21 bits per heavy atom. The quantitative estimate of drug-likeness (QED) is 0.789. The molecule has 2 rings (SSSR count). The molecule has 0 fully saturated rings. The van der Waals surface area contributed by atoms with Crippen molar-refractivity contribution in [3.8, 4) is 11.3 Å². The summed E-state index contributed by atoms with van der Waals surface area (Å²) in [6.07, 6.45) is 0.548. The van der Waals surface area contributed by atoms with Crippen molar-refractivity contribution in [2.45, 2.75) is 40.0 Å². The van der Waals surface area contributed by atoms with Crippen LogP contribution in [0.4, 0.5) is 0 Å². The molecule has 1 heterocycles. The molecule has 1 aromatic heterocycles. The molecular weight excluding hydrogens is 234 g/mol. The summed E-state index contributed by atoms with van der Waals surface area (Å²) < 4.78 is 0. The highest BCUT2D eigenvalue weighted by molar-refractivity contribution is 6.00. The van der Waals surface area contributed by atoms with E-state index < -0.39 is 0 Å². The molecule has 2 nitrogen and oxygen atoms in total. The van der Waals surface area contributed by atoms with Crippen molar-refractivity contribution in [2.24, 2.45) is 0 Å². The van der Waals surface area contributed by atoms with Crippen molar-refractivity contribution >= 4 is 5.78 Å². The Labute approximate surface area is 114 Å². The molecule has 1 N–H and O–H groups in total. The van der Waals surface area contributed by atoms with E-state index in [0.29, 0.717) is 12.3 Å². The highest BCUT2D eigenvalue weighted by Gasteiger charge is 2.22. The third kappa shape index (κ3) is 2.48. The van der Waals surface area contributed by atoms with Crippen LogP contribution < -0.4 is 0 Å². The Balaban J connectivity index is 2.66. The number of aromatic nitrogens is 1. The maximum atomic E-state index is 12.2. The highest BCUT2D eigenvalue weighted by atomic mass is 16.1. The Morgan fingerprint density at radius 2 is 1.84 bits per heavy atom. The number of aryl methyl sites for hydroxylation is 1. The lowest BCUT2D eigenvalue weighted by molar-refractivity contribution is 0.0986. The lowest BCUT2D eigenvalue weighted by Crippen LogP contribution is -2.03. The van der Waals surface area contributed by atoms with Crippen LogP contribution in [-0.4, -0.2) is 10.8 Å². The van der Waals surface area contributed by atoms with E-state index in [1.54, 1.807) is 0 Å². The number of rotatable bonds is 4. The third-order valence-electron chi connectivity index (χ3n) is 3.47. The van der Waals surface area contributed by atoms with Crippen LogP contribution in [0.25, 0.3) is 11.3 Å². The summed E-state index contributed by atoms with van der Waals surface area (Å²) in [6.45, 7) is 8.19. The molecule has 0 bridgehead atoms. The van der Waals surface area contributed by atoms with Crippen LogP contribution in [-0.2, 0) is 0 Å². The number of ketones is 1. The summed E-state index contributed by atoms with van der Waals surface area (Å²) in [5.74, 6) is 0.547. The zero-order valence-electron chi connectivity index (χ0n) is 12.1. The smallest absolute Gasteiger partial charge is 0.164 e. The number of carbonyl (C=O) groups is 1. The molecule has 0 atom stereocenters. The molecule has 0 spiro atoms. The molecule has 1 aromatic carbocycles. The van der Waals surface area contributed by atoms with Crippen molar-refractivity contribution in [3.63, 3.8) is 0 Å². The molecule has 0 unspecified atom stereocenters. The molecule has 0 saturated carbocycles. The van der Waals surface area contributed by atoms with Crippen molar-refractivity contribution in [1.82, 2.24) is 4.98 Å². The number of Topliss-reactive ketones (excluding diaryl/α,β-unsaturated/α-hetero) is 1. The van der Waals surface area contributed by atoms with E-state index in [1.165, 1.54) is 0 Å². The van der Waals surface area contributed by atoms with E-state index in [1.807, 2.05) is 32.0 Å². The van der Waals surface area contributed by atoms with E-state index in [4.69, 9.17) is 0 Å². The second kappa shape index (κ2) is 5.43. The van der Waals surface area contributed by atoms with E-state index in [9.17, 15) is 4.79 Å².